The SMILES string of the molecule is CNC(=O)C1CCN(C(=O)CCC(=O)N(CC(C)(C)C)c2ccc(Cl)cc2C(O)c2ccccc2Cl)CC1. The molecule has 1 atom stereocenters. The molecule has 2 N–H and O–H groups in total. The zero-order valence-corrected chi connectivity index (χ0v) is 24.0. The predicted octanol–water partition coefficient (Wildman–Crippen LogP) is 5.22. The zero-order chi connectivity index (χ0) is 28.0. The highest BCUT2D eigenvalue weighted by atomic mass is 35.5. The summed E-state index contributed by atoms with van der Waals surface area (Å²) in [6.45, 7) is 7.45. The number of hydrogen-bond acceptors (Lipinski definition) is 4. The minimum absolute atomic E-state index is 0.00263. The number of nitrogens with one attached hydrogen (secondary N) is 1. The van der Waals surface area contributed by atoms with Crippen molar-refractivity contribution in [3.63, 3.8) is 0 Å². The Hall–Kier alpha value is -2.61. The molecule has 1 fully saturated rings. The highest BCUT2D eigenvalue weighted by Gasteiger charge is 2.30. The molecule has 0 aliphatic carbocycles. The number of rotatable bonds is 8. The van der Waals surface area contributed by atoms with Crippen molar-refractivity contribution in [2.45, 2.75) is 52.6 Å². The Balaban J connectivity index is 1.80. The van der Waals surface area contributed by atoms with E-state index in [1.54, 1.807) is 59.3 Å². The van der Waals surface area contributed by atoms with Gasteiger partial charge in [-0.3, -0.25) is 14.4 Å². The summed E-state index contributed by atoms with van der Waals surface area (Å²) < 4.78 is 0. The quantitative estimate of drug-likeness (QED) is 0.462. The lowest BCUT2D eigenvalue weighted by atomic mass is 9.93. The van der Waals surface area contributed by atoms with Gasteiger partial charge in [-0.05, 0) is 42.5 Å². The van der Waals surface area contributed by atoms with Crippen molar-refractivity contribution >= 4 is 46.6 Å². The predicted molar refractivity (Wildman–Crippen MR) is 151 cm³/mol. The van der Waals surface area contributed by atoms with Crippen LogP contribution in [0.2, 0.25) is 10.0 Å². The van der Waals surface area contributed by atoms with Crippen molar-refractivity contribution in [3.05, 3.63) is 63.6 Å². The standard InChI is InChI=1S/C29H37Cl2N3O4/c1-29(2,3)18-34(26(36)12-11-25(35)33-15-13-19(14-16-33)28(38)32-4)24-10-9-20(30)17-22(24)27(37)21-7-5-6-8-23(21)31/h5-10,17,19,27,37H,11-16,18H2,1-4H3,(H,32,38). The molecular weight excluding hydrogens is 525 g/mol. The third kappa shape index (κ3) is 7.71. The van der Waals surface area contributed by atoms with Crippen LogP contribution in [-0.2, 0) is 14.4 Å². The van der Waals surface area contributed by atoms with Gasteiger partial charge in [-0.2, -0.15) is 0 Å². The van der Waals surface area contributed by atoms with E-state index in [-0.39, 0.29) is 41.9 Å². The molecule has 1 heterocycles. The third-order valence-electron chi connectivity index (χ3n) is 6.73. The molecule has 2 aromatic rings. The van der Waals surface area contributed by atoms with Crippen molar-refractivity contribution in [2.75, 3.05) is 31.6 Å². The first-order valence-corrected chi connectivity index (χ1v) is 13.7. The second-order valence-corrected chi connectivity index (χ2v) is 11.8. The van der Waals surface area contributed by atoms with E-state index < -0.39 is 6.10 Å². The lowest BCUT2D eigenvalue weighted by Crippen LogP contribution is -2.43. The van der Waals surface area contributed by atoms with Gasteiger partial charge >= 0.3 is 0 Å². The first-order valence-electron chi connectivity index (χ1n) is 12.9. The molecule has 2 aromatic carbocycles. The Bertz CT molecular complexity index is 1160. The number of piperidine rings is 1. The third-order valence-corrected chi connectivity index (χ3v) is 7.31. The number of aliphatic hydroxyl groups is 1. The van der Waals surface area contributed by atoms with Crippen molar-refractivity contribution in [2.24, 2.45) is 11.3 Å². The summed E-state index contributed by atoms with van der Waals surface area (Å²) in [5, 5.41) is 14.8. The Morgan fingerprint density at radius 2 is 1.71 bits per heavy atom. The average molecular weight is 563 g/mol. The lowest BCUT2D eigenvalue weighted by molar-refractivity contribution is -0.136. The number of hydrogen-bond donors (Lipinski definition) is 2. The Morgan fingerprint density at radius 3 is 2.32 bits per heavy atom. The van der Waals surface area contributed by atoms with Crippen LogP contribution in [0.1, 0.15) is 63.7 Å². The summed E-state index contributed by atoms with van der Waals surface area (Å²) in [6, 6.07) is 12.1. The molecule has 1 aliphatic heterocycles. The van der Waals surface area contributed by atoms with Crippen LogP contribution in [0, 0.1) is 11.3 Å². The van der Waals surface area contributed by atoms with Gasteiger partial charge in [0.1, 0.15) is 6.10 Å². The highest BCUT2D eigenvalue weighted by Crippen LogP contribution is 2.37. The molecule has 0 aromatic heterocycles. The smallest absolute Gasteiger partial charge is 0.227 e. The van der Waals surface area contributed by atoms with Gasteiger partial charge in [0.2, 0.25) is 17.7 Å². The first-order chi connectivity index (χ1) is 17.9. The van der Waals surface area contributed by atoms with E-state index in [2.05, 4.69) is 5.32 Å². The fraction of sp³-hybridized carbons (Fsp3) is 0.483. The second-order valence-electron chi connectivity index (χ2n) is 10.9. The molecule has 9 heteroatoms. The molecule has 0 saturated carbocycles. The van der Waals surface area contributed by atoms with Crippen LogP contribution in [-0.4, -0.2) is 54.4 Å². The number of amides is 3. The second kappa shape index (κ2) is 13.0. The maximum atomic E-state index is 13.6. The van der Waals surface area contributed by atoms with Crippen LogP contribution in [0.3, 0.4) is 0 Å². The van der Waals surface area contributed by atoms with Crippen LogP contribution in [0.15, 0.2) is 42.5 Å². The zero-order valence-electron chi connectivity index (χ0n) is 22.5. The van der Waals surface area contributed by atoms with Crippen molar-refractivity contribution < 1.29 is 19.5 Å². The summed E-state index contributed by atoms with van der Waals surface area (Å²) in [4.78, 5) is 41.8. The topological polar surface area (TPSA) is 90.0 Å². The van der Waals surface area contributed by atoms with Gasteiger partial charge in [-0.25, -0.2) is 0 Å². The molecule has 3 rings (SSSR count). The number of aliphatic hydroxyl groups excluding tert-OH is 1. The van der Waals surface area contributed by atoms with E-state index in [9.17, 15) is 19.5 Å². The number of anilines is 1. The number of likely N-dealkylation sites (tertiary alicyclic amines) is 1. The molecule has 7 nitrogen and oxygen atoms in total. The first kappa shape index (κ1) is 29.9. The molecule has 0 spiro atoms. The van der Waals surface area contributed by atoms with E-state index in [0.29, 0.717) is 59.3 Å². The monoisotopic (exact) mass is 561 g/mol. The number of benzene rings is 2. The Kier molecular flexibility index (Phi) is 10.2. The lowest BCUT2D eigenvalue weighted by Gasteiger charge is -2.33. The molecular formula is C29H37Cl2N3O4. The van der Waals surface area contributed by atoms with Gasteiger partial charge < -0.3 is 20.2 Å². The van der Waals surface area contributed by atoms with Gasteiger partial charge in [0, 0.05) is 72.3 Å². The fourth-order valence-electron chi connectivity index (χ4n) is 4.74. The normalized spacial score (nSPS) is 15.2. The van der Waals surface area contributed by atoms with Gasteiger partial charge in [-0.1, -0.05) is 62.2 Å². The van der Waals surface area contributed by atoms with E-state index in [0.717, 1.165) is 0 Å². The van der Waals surface area contributed by atoms with Crippen molar-refractivity contribution in [3.8, 4) is 0 Å². The summed E-state index contributed by atoms with van der Waals surface area (Å²) in [5.74, 6) is -0.399. The Labute approximate surface area is 235 Å². The largest absolute Gasteiger partial charge is 0.384 e. The number of nitrogens with zero attached hydrogens (tertiary/aromatic N) is 2. The van der Waals surface area contributed by atoms with Crippen LogP contribution in [0.5, 0.6) is 0 Å². The average Bonchev–Trinajstić information content (AvgIpc) is 2.89. The number of carbonyl (C=O) groups excluding carboxylic acids is 3. The molecule has 38 heavy (non-hydrogen) atoms. The van der Waals surface area contributed by atoms with Crippen LogP contribution >= 0.6 is 23.2 Å². The molecule has 3 amide bonds. The summed E-state index contributed by atoms with van der Waals surface area (Å²) >= 11 is 12.7. The molecule has 1 unspecified atom stereocenters. The van der Waals surface area contributed by atoms with Gasteiger partial charge in [0.05, 0.1) is 0 Å². The molecule has 1 saturated heterocycles. The maximum absolute atomic E-state index is 13.6. The highest BCUT2D eigenvalue weighted by molar-refractivity contribution is 6.31. The molecule has 206 valence electrons. The van der Waals surface area contributed by atoms with Crippen molar-refractivity contribution in [1.82, 2.24) is 10.2 Å². The summed E-state index contributed by atoms with van der Waals surface area (Å²) in [5.41, 5.74) is 1.25. The summed E-state index contributed by atoms with van der Waals surface area (Å²) in [6.07, 6.45) is 0.220. The van der Waals surface area contributed by atoms with E-state index in [1.165, 1.54) is 0 Å². The van der Waals surface area contributed by atoms with Gasteiger partial charge in [0.25, 0.3) is 0 Å². The minimum atomic E-state index is -1.10. The van der Waals surface area contributed by atoms with Crippen LogP contribution in [0.4, 0.5) is 5.69 Å². The van der Waals surface area contributed by atoms with E-state index >= 15 is 0 Å². The van der Waals surface area contributed by atoms with Gasteiger partial charge in [-0.15, -0.1) is 0 Å². The molecule has 1 aliphatic rings. The van der Waals surface area contributed by atoms with Crippen LogP contribution in [0.25, 0.3) is 0 Å². The van der Waals surface area contributed by atoms with E-state index in [4.69, 9.17) is 23.2 Å². The maximum Gasteiger partial charge on any atom is 0.227 e. The van der Waals surface area contributed by atoms with Crippen molar-refractivity contribution in [1.29, 1.82) is 0 Å². The summed E-state index contributed by atoms with van der Waals surface area (Å²) in [7, 11) is 1.62. The number of halogens is 2. The van der Waals surface area contributed by atoms with E-state index in [1.807, 2.05) is 20.8 Å². The molecule has 0 bridgehead atoms. The Morgan fingerprint density at radius 1 is 1.05 bits per heavy atom. The minimum Gasteiger partial charge on any atom is -0.384 e. The fourth-order valence-corrected chi connectivity index (χ4v) is 5.16. The van der Waals surface area contributed by atoms with Gasteiger partial charge in [0.15, 0.2) is 0 Å². The van der Waals surface area contributed by atoms with Crippen LogP contribution < -0.4 is 10.2 Å². The molecule has 0 radical (unpaired) electrons. The number of carbonyl (C=O) groups is 3.